The first kappa shape index (κ1) is 14.6. The van der Waals surface area contributed by atoms with Crippen LogP contribution in [0.25, 0.3) is 0 Å². The van der Waals surface area contributed by atoms with E-state index in [1.165, 1.54) is 0 Å². The Bertz CT molecular complexity index is 366. The minimum Gasteiger partial charge on any atom is -0.497 e. The van der Waals surface area contributed by atoms with E-state index in [0.717, 1.165) is 18.6 Å². The Hall–Kier alpha value is -1.51. The summed E-state index contributed by atoms with van der Waals surface area (Å²) >= 11 is 0. The van der Waals surface area contributed by atoms with Crippen LogP contribution in [-0.2, 0) is 4.74 Å². The van der Waals surface area contributed by atoms with Gasteiger partial charge in [0, 0.05) is 0 Å². The van der Waals surface area contributed by atoms with E-state index in [2.05, 4.69) is 13.8 Å². The van der Waals surface area contributed by atoms with Crippen molar-refractivity contribution in [3.05, 3.63) is 29.8 Å². The van der Waals surface area contributed by atoms with E-state index >= 15 is 0 Å². The first-order valence-electron chi connectivity index (χ1n) is 6.47. The molecule has 0 N–H and O–H groups in total. The maximum Gasteiger partial charge on any atom is 0.338 e. The fourth-order valence-electron chi connectivity index (χ4n) is 2.01. The van der Waals surface area contributed by atoms with Gasteiger partial charge in [0.05, 0.1) is 12.7 Å². The Balaban J connectivity index is 2.64. The van der Waals surface area contributed by atoms with Crippen molar-refractivity contribution < 1.29 is 14.3 Å². The van der Waals surface area contributed by atoms with E-state index in [0.29, 0.717) is 11.5 Å². The summed E-state index contributed by atoms with van der Waals surface area (Å²) < 4.78 is 10.5. The molecule has 0 aromatic heterocycles. The number of ether oxygens (including phenoxy) is 2. The lowest BCUT2D eigenvalue weighted by atomic mass is 9.98. The Kier molecular flexibility index (Phi) is 5.69. The molecule has 3 heteroatoms. The highest BCUT2D eigenvalue weighted by Gasteiger charge is 2.18. The molecule has 1 aromatic rings. The van der Waals surface area contributed by atoms with Crippen LogP contribution in [-0.4, -0.2) is 19.2 Å². The highest BCUT2D eigenvalue weighted by Crippen LogP contribution is 2.18. The zero-order valence-corrected chi connectivity index (χ0v) is 11.6. The molecule has 3 nitrogen and oxygen atoms in total. The molecule has 1 rings (SSSR count). The normalized spacial score (nSPS) is 12.3. The molecule has 0 aliphatic rings. The number of rotatable bonds is 6. The molecule has 0 heterocycles. The second-order valence-electron chi connectivity index (χ2n) is 4.42. The predicted octanol–water partition coefficient (Wildman–Crippen LogP) is 3.68. The second kappa shape index (κ2) is 7.04. The Morgan fingerprint density at radius 2 is 1.72 bits per heavy atom. The fraction of sp³-hybridized carbons (Fsp3) is 0.533. The van der Waals surface area contributed by atoms with Gasteiger partial charge >= 0.3 is 5.97 Å². The summed E-state index contributed by atoms with van der Waals surface area (Å²) in [5.74, 6) is 0.892. The van der Waals surface area contributed by atoms with Crippen LogP contribution in [0, 0.1) is 5.92 Å². The van der Waals surface area contributed by atoms with Gasteiger partial charge in [-0.25, -0.2) is 4.79 Å². The molecule has 0 fully saturated rings. The molecule has 0 saturated heterocycles. The van der Waals surface area contributed by atoms with Crippen molar-refractivity contribution in [2.45, 2.75) is 39.7 Å². The van der Waals surface area contributed by atoms with Crippen molar-refractivity contribution in [1.82, 2.24) is 0 Å². The van der Waals surface area contributed by atoms with Gasteiger partial charge in [-0.05, 0) is 49.9 Å². The Morgan fingerprint density at radius 1 is 1.17 bits per heavy atom. The average molecular weight is 250 g/mol. The molecule has 1 aromatic carbocycles. The number of esters is 1. The third-order valence-electron chi connectivity index (χ3n) is 3.33. The van der Waals surface area contributed by atoms with Crippen LogP contribution in [0.15, 0.2) is 24.3 Å². The van der Waals surface area contributed by atoms with E-state index in [1.54, 1.807) is 31.4 Å². The van der Waals surface area contributed by atoms with Crippen LogP contribution in [0.2, 0.25) is 0 Å². The molecule has 0 amide bonds. The van der Waals surface area contributed by atoms with Crippen molar-refractivity contribution in [2.75, 3.05) is 7.11 Å². The van der Waals surface area contributed by atoms with Crippen LogP contribution < -0.4 is 4.74 Å². The lowest BCUT2D eigenvalue weighted by molar-refractivity contribution is 0.0185. The number of carbonyl (C=O) groups is 1. The van der Waals surface area contributed by atoms with Gasteiger partial charge in [0.2, 0.25) is 0 Å². The van der Waals surface area contributed by atoms with Gasteiger partial charge < -0.3 is 9.47 Å². The number of carbonyl (C=O) groups excluding carboxylic acids is 1. The molecular weight excluding hydrogens is 228 g/mol. The molecule has 1 atom stereocenters. The zero-order valence-electron chi connectivity index (χ0n) is 11.6. The molecule has 0 saturated carbocycles. The highest BCUT2D eigenvalue weighted by atomic mass is 16.5. The quantitative estimate of drug-likeness (QED) is 0.722. The number of hydrogen-bond donors (Lipinski definition) is 0. The molecule has 0 aliphatic carbocycles. The van der Waals surface area contributed by atoms with Crippen molar-refractivity contribution in [2.24, 2.45) is 5.92 Å². The van der Waals surface area contributed by atoms with Crippen LogP contribution in [0.4, 0.5) is 0 Å². The van der Waals surface area contributed by atoms with Gasteiger partial charge in [-0.1, -0.05) is 13.8 Å². The van der Waals surface area contributed by atoms with Crippen LogP contribution in [0.3, 0.4) is 0 Å². The average Bonchev–Trinajstić information content (AvgIpc) is 2.40. The van der Waals surface area contributed by atoms with E-state index < -0.39 is 0 Å². The highest BCUT2D eigenvalue weighted by molar-refractivity contribution is 5.89. The van der Waals surface area contributed by atoms with Gasteiger partial charge in [0.25, 0.3) is 0 Å². The Labute approximate surface area is 109 Å². The van der Waals surface area contributed by atoms with E-state index in [-0.39, 0.29) is 12.1 Å². The minimum absolute atomic E-state index is 0.0467. The summed E-state index contributed by atoms with van der Waals surface area (Å²) in [6.45, 7) is 6.19. The second-order valence-corrected chi connectivity index (χ2v) is 4.42. The van der Waals surface area contributed by atoms with Crippen LogP contribution in [0.1, 0.15) is 44.0 Å². The number of benzene rings is 1. The van der Waals surface area contributed by atoms with Gasteiger partial charge in [0.15, 0.2) is 0 Å². The van der Waals surface area contributed by atoms with Gasteiger partial charge in [-0.3, -0.25) is 0 Å². The maximum atomic E-state index is 11.9. The minimum atomic E-state index is -0.267. The van der Waals surface area contributed by atoms with Gasteiger partial charge in [0.1, 0.15) is 11.9 Å². The molecule has 1 unspecified atom stereocenters. The third-order valence-corrected chi connectivity index (χ3v) is 3.33. The fourth-order valence-corrected chi connectivity index (χ4v) is 2.01. The Morgan fingerprint density at radius 3 is 2.17 bits per heavy atom. The lowest BCUT2D eigenvalue weighted by Crippen LogP contribution is -2.23. The predicted molar refractivity (Wildman–Crippen MR) is 71.9 cm³/mol. The lowest BCUT2D eigenvalue weighted by Gasteiger charge is -2.21. The zero-order chi connectivity index (χ0) is 13.5. The summed E-state index contributed by atoms with van der Waals surface area (Å²) in [5.41, 5.74) is 0.564. The first-order chi connectivity index (χ1) is 8.62. The summed E-state index contributed by atoms with van der Waals surface area (Å²) in [7, 11) is 1.60. The molecule has 0 radical (unpaired) electrons. The number of hydrogen-bond acceptors (Lipinski definition) is 3. The number of methoxy groups -OCH3 is 1. The monoisotopic (exact) mass is 250 g/mol. The summed E-state index contributed by atoms with van der Waals surface area (Å²) in [6.07, 6.45) is 2.00. The molecular formula is C15H22O3. The molecule has 0 bridgehead atoms. The van der Waals surface area contributed by atoms with E-state index in [9.17, 15) is 4.79 Å². The largest absolute Gasteiger partial charge is 0.497 e. The topological polar surface area (TPSA) is 35.5 Å². The molecule has 100 valence electrons. The van der Waals surface area contributed by atoms with Crippen molar-refractivity contribution in [3.63, 3.8) is 0 Å². The van der Waals surface area contributed by atoms with Gasteiger partial charge in [-0.15, -0.1) is 0 Å². The molecule has 0 aliphatic heterocycles. The van der Waals surface area contributed by atoms with Crippen molar-refractivity contribution >= 4 is 5.97 Å². The summed E-state index contributed by atoms with van der Waals surface area (Å²) in [6, 6.07) is 6.97. The van der Waals surface area contributed by atoms with Crippen LogP contribution in [0.5, 0.6) is 5.75 Å². The van der Waals surface area contributed by atoms with Crippen LogP contribution >= 0.6 is 0 Å². The standard InChI is InChI=1S/C15H22O3/c1-5-12(6-2)11(3)18-15(16)13-7-9-14(17-4)10-8-13/h7-12H,5-6H2,1-4H3. The third kappa shape index (κ3) is 3.76. The maximum absolute atomic E-state index is 11.9. The van der Waals surface area contributed by atoms with Gasteiger partial charge in [-0.2, -0.15) is 0 Å². The smallest absolute Gasteiger partial charge is 0.338 e. The molecule has 18 heavy (non-hydrogen) atoms. The van der Waals surface area contributed by atoms with E-state index in [1.807, 2.05) is 6.92 Å². The van der Waals surface area contributed by atoms with Crippen molar-refractivity contribution in [3.8, 4) is 5.75 Å². The molecule has 0 spiro atoms. The first-order valence-corrected chi connectivity index (χ1v) is 6.47. The summed E-state index contributed by atoms with van der Waals surface area (Å²) in [5, 5.41) is 0. The van der Waals surface area contributed by atoms with E-state index in [4.69, 9.17) is 9.47 Å². The SMILES string of the molecule is CCC(CC)C(C)OC(=O)c1ccc(OC)cc1. The summed E-state index contributed by atoms with van der Waals surface area (Å²) in [4.78, 5) is 11.9. The van der Waals surface area contributed by atoms with Crippen molar-refractivity contribution in [1.29, 1.82) is 0 Å².